The molecule has 2 aliphatic rings. The molecule has 1 fully saturated rings. The second-order valence-electron chi connectivity index (χ2n) is 7.07. The highest BCUT2D eigenvalue weighted by molar-refractivity contribution is 5.80. The van der Waals surface area contributed by atoms with E-state index in [0.29, 0.717) is 31.1 Å². The Morgan fingerprint density at radius 3 is 2.96 bits per heavy atom. The number of amides is 1. The molecule has 0 N–H and O–H groups in total. The molecule has 0 saturated carbocycles. The van der Waals surface area contributed by atoms with E-state index in [-0.39, 0.29) is 18.8 Å². The molecular weight excluding hydrogens is 356 g/mol. The van der Waals surface area contributed by atoms with Gasteiger partial charge in [-0.1, -0.05) is 24.3 Å². The Bertz CT molecular complexity index is 1040. The first-order valence-electron chi connectivity index (χ1n) is 9.43. The Labute approximate surface area is 162 Å². The van der Waals surface area contributed by atoms with Crippen molar-refractivity contribution in [1.29, 1.82) is 0 Å². The van der Waals surface area contributed by atoms with E-state index in [4.69, 9.17) is 14.2 Å². The topological polar surface area (TPSA) is 60.9 Å². The first-order valence-corrected chi connectivity index (χ1v) is 9.43. The number of aromatic nitrogens is 1. The van der Waals surface area contributed by atoms with Crippen LogP contribution in [-0.4, -0.2) is 41.8 Å². The highest BCUT2D eigenvalue weighted by atomic mass is 16.7. The number of para-hydroxylation sites is 1. The van der Waals surface area contributed by atoms with Gasteiger partial charge in [0.2, 0.25) is 18.6 Å². The molecule has 0 aliphatic carbocycles. The summed E-state index contributed by atoms with van der Waals surface area (Å²) in [7, 11) is 0. The van der Waals surface area contributed by atoms with Gasteiger partial charge in [0.25, 0.3) is 0 Å². The van der Waals surface area contributed by atoms with Crippen molar-refractivity contribution in [3.05, 3.63) is 60.2 Å². The Morgan fingerprint density at radius 2 is 2.00 bits per heavy atom. The molecule has 2 aliphatic heterocycles. The SMILES string of the molecule is O=C(Cc1ccc2c(c1)OCO2)N1CCC(Oc2ccc3ccccc3n2)C1. The van der Waals surface area contributed by atoms with Crippen LogP contribution in [0.1, 0.15) is 12.0 Å². The lowest BCUT2D eigenvalue weighted by molar-refractivity contribution is -0.129. The van der Waals surface area contributed by atoms with Crippen LogP contribution in [0.15, 0.2) is 54.6 Å². The summed E-state index contributed by atoms with van der Waals surface area (Å²) in [5.74, 6) is 2.13. The minimum atomic E-state index is -0.0330. The Morgan fingerprint density at radius 1 is 1.11 bits per heavy atom. The van der Waals surface area contributed by atoms with Gasteiger partial charge in [-0.15, -0.1) is 0 Å². The number of likely N-dealkylation sites (tertiary alicyclic amines) is 1. The standard InChI is InChI=1S/C22H20N2O4/c25-22(12-15-5-7-19-20(11-15)27-14-26-19)24-10-9-17(13-24)28-21-8-6-16-3-1-2-4-18(16)23-21/h1-8,11,17H,9-10,12-14H2. The maximum absolute atomic E-state index is 12.7. The molecule has 1 amide bonds. The fourth-order valence-electron chi connectivity index (χ4n) is 3.67. The second-order valence-corrected chi connectivity index (χ2v) is 7.07. The third kappa shape index (κ3) is 3.33. The lowest BCUT2D eigenvalue weighted by atomic mass is 10.1. The fraction of sp³-hybridized carbons (Fsp3) is 0.273. The third-order valence-electron chi connectivity index (χ3n) is 5.15. The summed E-state index contributed by atoms with van der Waals surface area (Å²) < 4.78 is 16.7. The van der Waals surface area contributed by atoms with Crippen LogP contribution in [0.2, 0.25) is 0 Å². The summed E-state index contributed by atoms with van der Waals surface area (Å²) in [5, 5.41) is 1.09. The number of fused-ring (bicyclic) bond motifs is 2. The van der Waals surface area contributed by atoms with Crippen molar-refractivity contribution in [3.8, 4) is 17.4 Å². The van der Waals surface area contributed by atoms with Gasteiger partial charge in [0.05, 0.1) is 18.5 Å². The van der Waals surface area contributed by atoms with Crippen LogP contribution in [0.3, 0.4) is 0 Å². The van der Waals surface area contributed by atoms with Crippen molar-refractivity contribution in [2.75, 3.05) is 19.9 Å². The third-order valence-corrected chi connectivity index (χ3v) is 5.15. The molecule has 1 atom stereocenters. The van der Waals surface area contributed by atoms with Crippen molar-refractivity contribution in [2.45, 2.75) is 18.9 Å². The average molecular weight is 376 g/mol. The number of hydrogen-bond donors (Lipinski definition) is 0. The van der Waals surface area contributed by atoms with Gasteiger partial charge in [-0.25, -0.2) is 4.98 Å². The molecule has 1 saturated heterocycles. The summed E-state index contributed by atoms with van der Waals surface area (Å²) >= 11 is 0. The van der Waals surface area contributed by atoms with Crippen LogP contribution < -0.4 is 14.2 Å². The summed E-state index contributed by atoms with van der Waals surface area (Å²) in [6, 6.07) is 17.5. The Kier molecular flexibility index (Phi) is 4.24. The number of nitrogens with zero attached hydrogens (tertiary/aromatic N) is 2. The number of benzene rings is 2. The number of rotatable bonds is 4. The van der Waals surface area contributed by atoms with Crippen LogP contribution in [-0.2, 0) is 11.2 Å². The molecule has 3 heterocycles. The quantitative estimate of drug-likeness (QED) is 0.700. The first-order chi connectivity index (χ1) is 13.7. The highest BCUT2D eigenvalue weighted by Crippen LogP contribution is 2.32. The van der Waals surface area contributed by atoms with Gasteiger partial charge < -0.3 is 19.1 Å². The molecule has 6 heteroatoms. The van der Waals surface area contributed by atoms with Crippen molar-refractivity contribution in [2.24, 2.45) is 0 Å². The van der Waals surface area contributed by atoms with Gasteiger partial charge in [-0.2, -0.15) is 0 Å². The minimum absolute atomic E-state index is 0.0330. The molecule has 5 rings (SSSR count). The fourth-order valence-corrected chi connectivity index (χ4v) is 3.67. The van der Waals surface area contributed by atoms with Gasteiger partial charge in [0.1, 0.15) is 6.10 Å². The maximum Gasteiger partial charge on any atom is 0.231 e. The molecule has 2 aromatic carbocycles. The summed E-state index contributed by atoms with van der Waals surface area (Å²) in [6.07, 6.45) is 1.12. The van der Waals surface area contributed by atoms with E-state index in [1.165, 1.54) is 0 Å². The van der Waals surface area contributed by atoms with Gasteiger partial charge >= 0.3 is 0 Å². The van der Waals surface area contributed by atoms with E-state index < -0.39 is 0 Å². The second kappa shape index (κ2) is 7.03. The van der Waals surface area contributed by atoms with Crippen molar-refractivity contribution >= 4 is 16.8 Å². The molecule has 142 valence electrons. The van der Waals surface area contributed by atoms with Crippen molar-refractivity contribution in [1.82, 2.24) is 9.88 Å². The smallest absolute Gasteiger partial charge is 0.231 e. The monoisotopic (exact) mass is 376 g/mol. The van der Waals surface area contributed by atoms with Crippen LogP contribution >= 0.6 is 0 Å². The van der Waals surface area contributed by atoms with Crippen molar-refractivity contribution < 1.29 is 19.0 Å². The molecule has 3 aromatic rings. The molecule has 6 nitrogen and oxygen atoms in total. The van der Waals surface area contributed by atoms with E-state index >= 15 is 0 Å². The lowest BCUT2D eigenvalue weighted by Crippen LogP contribution is -2.32. The number of pyridine rings is 1. The Balaban J connectivity index is 1.20. The number of hydrogen-bond acceptors (Lipinski definition) is 5. The number of carbonyl (C=O) groups is 1. The summed E-state index contributed by atoms with van der Waals surface area (Å²) in [6.45, 7) is 1.51. The summed E-state index contributed by atoms with van der Waals surface area (Å²) in [4.78, 5) is 19.1. The molecule has 0 radical (unpaired) electrons. The van der Waals surface area contributed by atoms with E-state index in [0.717, 1.165) is 28.6 Å². The van der Waals surface area contributed by atoms with E-state index in [1.807, 2.05) is 59.5 Å². The molecule has 0 bridgehead atoms. The number of carbonyl (C=O) groups excluding carboxylic acids is 1. The predicted octanol–water partition coefficient (Wildman–Crippen LogP) is 3.19. The van der Waals surface area contributed by atoms with Crippen LogP contribution in [0.4, 0.5) is 0 Å². The largest absolute Gasteiger partial charge is 0.472 e. The normalized spacial score (nSPS) is 17.9. The van der Waals surface area contributed by atoms with Crippen molar-refractivity contribution in [3.63, 3.8) is 0 Å². The van der Waals surface area contributed by atoms with Gasteiger partial charge in [0, 0.05) is 24.4 Å². The predicted molar refractivity (Wildman–Crippen MR) is 104 cm³/mol. The molecular formula is C22H20N2O4. The van der Waals surface area contributed by atoms with Gasteiger partial charge in [-0.05, 0) is 29.8 Å². The zero-order valence-corrected chi connectivity index (χ0v) is 15.3. The van der Waals surface area contributed by atoms with E-state index in [2.05, 4.69) is 4.98 Å². The lowest BCUT2D eigenvalue weighted by Gasteiger charge is -2.17. The van der Waals surface area contributed by atoms with E-state index in [1.54, 1.807) is 0 Å². The average Bonchev–Trinajstić information content (AvgIpc) is 3.37. The molecule has 28 heavy (non-hydrogen) atoms. The summed E-state index contributed by atoms with van der Waals surface area (Å²) in [5.41, 5.74) is 1.84. The van der Waals surface area contributed by atoms with Crippen LogP contribution in [0, 0.1) is 0 Å². The Hall–Kier alpha value is -3.28. The molecule has 1 aromatic heterocycles. The first kappa shape index (κ1) is 16.9. The van der Waals surface area contributed by atoms with Gasteiger partial charge in [0.15, 0.2) is 11.5 Å². The zero-order valence-electron chi connectivity index (χ0n) is 15.3. The highest BCUT2D eigenvalue weighted by Gasteiger charge is 2.28. The molecule has 0 spiro atoms. The zero-order chi connectivity index (χ0) is 18.9. The van der Waals surface area contributed by atoms with Gasteiger partial charge in [-0.3, -0.25) is 4.79 Å². The minimum Gasteiger partial charge on any atom is -0.472 e. The van der Waals surface area contributed by atoms with E-state index in [9.17, 15) is 4.79 Å². The van der Waals surface area contributed by atoms with Crippen LogP contribution in [0.25, 0.3) is 10.9 Å². The maximum atomic E-state index is 12.7. The number of ether oxygens (including phenoxy) is 3. The van der Waals surface area contributed by atoms with Crippen LogP contribution in [0.5, 0.6) is 17.4 Å². The molecule has 1 unspecified atom stereocenters.